The number of amides is 1. The second kappa shape index (κ2) is 6.55. The van der Waals surface area contributed by atoms with Crippen molar-refractivity contribution in [2.24, 2.45) is 0 Å². The minimum Gasteiger partial charge on any atom is -0.493 e. The van der Waals surface area contributed by atoms with Crippen LogP contribution < -0.4 is 9.47 Å². The minimum atomic E-state index is -0.320. The third kappa shape index (κ3) is 2.85. The zero-order chi connectivity index (χ0) is 18.4. The van der Waals surface area contributed by atoms with Crippen LogP contribution in [0, 0.1) is 5.82 Å². The summed E-state index contributed by atoms with van der Waals surface area (Å²) in [5.74, 6) is 2.16. The molecule has 0 saturated carbocycles. The van der Waals surface area contributed by atoms with Crippen LogP contribution in [0.1, 0.15) is 45.8 Å². The number of hydrogen-bond acceptors (Lipinski definition) is 3. The Morgan fingerprint density at radius 1 is 1.04 bits per heavy atom. The number of benzene rings is 2. The summed E-state index contributed by atoms with van der Waals surface area (Å²) in [6.07, 6.45) is 3.72. The number of piperidine rings is 1. The summed E-state index contributed by atoms with van der Waals surface area (Å²) in [6, 6.07) is 7.96. The van der Waals surface area contributed by atoms with Gasteiger partial charge in [-0.05, 0) is 49.1 Å². The molecule has 140 valence electrons. The zero-order valence-electron chi connectivity index (χ0n) is 15.2. The molecular weight excluding hydrogens is 345 g/mol. The van der Waals surface area contributed by atoms with Gasteiger partial charge < -0.3 is 14.4 Å². The van der Waals surface area contributed by atoms with Crippen molar-refractivity contribution >= 4 is 5.91 Å². The van der Waals surface area contributed by atoms with E-state index < -0.39 is 0 Å². The normalized spacial score (nSPS) is 18.6. The summed E-state index contributed by atoms with van der Waals surface area (Å²) in [7, 11) is 0. The topological polar surface area (TPSA) is 38.8 Å². The maximum atomic E-state index is 13.1. The minimum absolute atomic E-state index is 0.0171. The van der Waals surface area contributed by atoms with Gasteiger partial charge in [0.05, 0.1) is 13.2 Å². The van der Waals surface area contributed by atoms with E-state index in [0.29, 0.717) is 24.6 Å². The van der Waals surface area contributed by atoms with Crippen molar-refractivity contribution in [2.75, 3.05) is 26.3 Å². The summed E-state index contributed by atoms with van der Waals surface area (Å²) < 4.78 is 24.9. The molecule has 0 N–H and O–H groups in total. The molecule has 0 aromatic heterocycles. The van der Waals surface area contributed by atoms with E-state index >= 15 is 0 Å². The monoisotopic (exact) mass is 367 g/mol. The van der Waals surface area contributed by atoms with E-state index in [4.69, 9.17) is 9.47 Å². The highest BCUT2D eigenvalue weighted by Gasteiger charge is 2.33. The van der Waals surface area contributed by atoms with Gasteiger partial charge in [-0.15, -0.1) is 0 Å². The largest absolute Gasteiger partial charge is 0.493 e. The Balaban J connectivity index is 1.36. The molecule has 0 bridgehead atoms. The number of fused-ring (bicyclic) bond motifs is 2. The highest BCUT2D eigenvalue weighted by atomic mass is 19.1. The first kappa shape index (κ1) is 16.6. The summed E-state index contributed by atoms with van der Waals surface area (Å²) in [6.45, 7) is 2.90. The van der Waals surface area contributed by atoms with E-state index in [0.717, 1.165) is 50.4 Å². The predicted octanol–water partition coefficient (Wildman–Crippen LogP) is 3.72. The lowest BCUT2D eigenvalue weighted by atomic mass is 9.83. The number of hydrogen-bond donors (Lipinski definition) is 0. The molecule has 0 aliphatic carbocycles. The first-order valence-corrected chi connectivity index (χ1v) is 9.70. The van der Waals surface area contributed by atoms with Crippen LogP contribution in [-0.4, -0.2) is 37.1 Å². The quantitative estimate of drug-likeness (QED) is 0.812. The van der Waals surface area contributed by atoms with Gasteiger partial charge in [0.1, 0.15) is 17.3 Å². The Morgan fingerprint density at radius 2 is 1.78 bits per heavy atom. The molecule has 0 atom stereocenters. The van der Waals surface area contributed by atoms with Gasteiger partial charge in [-0.25, -0.2) is 4.39 Å². The molecule has 3 heterocycles. The lowest BCUT2D eigenvalue weighted by Crippen LogP contribution is -2.38. The molecule has 2 aromatic rings. The molecule has 2 aromatic carbocycles. The molecular formula is C22H22FNO3. The van der Waals surface area contributed by atoms with E-state index in [1.54, 1.807) is 12.1 Å². The SMILES string of the molecule is O=C(c1ccc(F)cc1)N1CCC(c2c3c(cc4c2OCC4)OCC3)CC1. The van der Waals surface area contributed by atoms with Gasteiger partial charge in [-0.1, -0.05) is 0 Å². The van der Waals surface area contributed by atoms with Crippen molar-refractivity contribution in [1.29, 1.82) is 0 Å². The Kier molecular flexibility index (Phi) is 4.03. The maximum Gasteiger partial charge on any atom is 0.253 e. The van der Waals surface area contributed by atoms with Crippen molar-refractivity contribution in [3.8, 4) is 11.5 Å². The van der Waals surface area contributed by atoms with Gasteiger partial charge in [0.25, 0.3) is 5.91 Å². The van der Waals surface area contributed by atoms with E-state index in [2.05, 4.69) is 6.07 Å². The Hall–Kier alpha value is -2.56. The van der Waals surface area contributed by atoms with E-state index in [1.165, 1.54) is 28.8 Å². The second-order valence-corrected chi connectivity index (χ2v) is 7.53. The molecule has 1 amide bonds. The summed E-state index contributed by atoms with van der Waals surface area (Å²) in [4.78, 5) is 14.6. The smallest absolute Gasteiger partial charge is 0.253 e. The Morgan fingerprint density at radius 3 is 2.56 bits per heavy atom. The average molecular weight is 367 g/mol. The number of ether oxygens (including phenoxy) is 2. The zero-order valence-corrected chi connectivity index (χ0v) is 15.2. The van der Waals surface area contributed by atoms with Gasteiger partial charge in [-0.3, -0.25) is 4.79 Å². The number of likely N-dealkylation sites (tertiary alicyclic amines) is 1. The van der Waals surface area contributed by atoms with Crippen LogP contribution in [0.5, 0.6) is 11.5 Å². The second-order valence-electron chi connectivity index (χ2n) is 7.53. The van der Waals surface area contributed by atoms with Crippen LogP contribution in [0.15, 0.2) is 30.3 Å². The highest BCUT2D eigenvalue weighted by molar-refractivity contribution is 5.94. The molecule has 5 heteroatoms. The fraction of sp³-hybridized carbons (Fsp3) is 0.409. The molecule has 1 fully saturated rings. The van der Waals surface area contributed by atoms with Gasteiger partial charge in [0.15, 0.2) is 0 Å². The number of rotatable bonds is 2. The average Bonchev–Trinajstić information content (AvgIpc) is 3.35. The van der Waals surface area contributed by atoms with Gasteiger partial charge in [0, 0.05) is 48.2 Å². The fourth-order valence-electron chi connectivity index (χ4n) is 4.60. The van der Waals surface area contributed by atoms with E-state index in [9.17, 15) is 9.18 Å². The van der Waals surface area contributed by atoms with Crippen LogP contribution in [0.3, 0.4) is 0 Å². The molecule has 1 saturated heterocycles. The molecule has 5 rings (SSSR count). The van der Waals surface area contributed by atoms with Crippen LogP contribution in [0.25, 0.3) is 0 Å². The molecule has 0 spiro atoms. The maximum absolute atomic E-state index is 13.1. The molecule has 0 unspecified atom stereocenters. The standard InChI is InChI=1S/C22H22FNO3/c23-17-3-1-15(2-4-17)22(25)24-9-5-14(6-10-24)20-18-8-12-26-19(18)13-16-7-11-27-21(16)20/h1-4,13-14H,5-12H2. The number of carbonyl (C=O) groups is 1. The number of halogens is 1. The van der Waals surface area contributed by atoms with Crippen molar-refractivity contribution in [3.05, 3.63) is 58.4 Å². The fourth-order valence-corrected chi connectivity index (χ4v) is 4.60. The number of carbonyl (C=O) groups excluding carboxylic acids is 1. The third-order valence-corrected chi connectivity index (χ3v) is 5.97. The van der Waals surface area contributed by atoms with E-state index in [1.807, 2.05) is 4.90 Å². The van der Waals surface area contributed by atoms with Crippen molar-refractivity contribution < 1.29 is 18.7 Å². The third-order valence-electron chi connectivity index (χ3n) is 5.97. The van der Waals surface area contributed by atoms with Gasteiger partial charge in [0.2, 0.25) is 0 Å². The lowest BCUT2D eigenvalue weighted by Gasteiger charge is -2.33. The lowest BCUT2D eigenvalue weighted by molar-refractivity contribution is 0.0712. The summed E-state index contributed by atoms with van der Waals surface area (Å²) in [5, 5.41) is 0. The molecule has 3 aliphatic rings. The van der Waals surface area contributed by atoms with Crippen LogP contribution in [0.2, 0.25) is 0 Å². The highest BCUT2D eigenvalue weighted by Crippen LogP contribution is 2.46. The van der Waals surface area contributed by atoms with Crippen LogP contribution in [0.4, 0.5) is 4.39 Å². The van der Waals surface area contributed by atoms with Crippen molar-refractivity contribution in [1.82, 2.24) is 4.90 Å². The van der Waals surface area contributed by atoms with Crippen molar-refractivity contribution in [3.63, 3.8) is 0 Å². The predicted molar refractivity (Wildman–Crippen MR) is 99.1 cm³/mol. The first-order valence-electron chi connectivity index (χ1n) is 9.70. The van der Waals surface area contributed by atoms with Crippen molar-refractivity contribution in [2.45, 2.75) is 31.6 Å². The molecule has 3 aliphatic heterocycles. The van der Waals surface area contributed by atoms with Gasteiger partial charge in [-0.2, -0.15) is 0 Å². The summed E-state index contributed by atoms with van der Waals surface area (Å²) >= 11 is 0. The molecule has 27 heavy (non-hydrogen) atoms. The molecule has 0 radical (unpaired) electrons. The number of nitrogens with zero attached hydrogens (tertiary/aromatic N) is 1. The summed E-state index contributed by atoms with van der Waals surface area (Å²) in [5.41, 5.74) is 4.44. The Bertz CT molecular complexity index is 853. The first-order chi connectivity index (χ1) is 13.2. The van der Waals surface area contributed by atoms with E-state index in [-0.39, 0.29) is 11.7 Å². The van der Waals surface area contributed by atoms with Gasteiger partial charge >= 0.3 is 0 Å². The van der Waals surface area contributed by atoms with Crippen LogP contribution >= 0.6 is 0 Å². The molecule has 4 nitrogen and oxygen atoms in total. The Labute approximate surface area is 157 Å². The van der Waals surface area contributed by atoms with Crippen LogP contribution in [-0.2, 0) is 12.8 Å².